The van der Waals surface area contributed by atoms with Crippen LogP contribution in [0.2, 0.25) is 0 Å². The number of rotatable bonds is 4. The lowest BCUT2D eigenvalue weighted by Gasteiger charge is -2.03. The van der Waals surface area contributed by atoms with Crippen LogP contribution in [0.3, 0.4) is 0 Å². The third-order valence-corrected chi connectivity index (χ3v) is 3.38. The van der Waals surface area contributed by atoms with Crippen LogP contribution in [-0.2, 0) is 11.2 Å². The van der Waals surface area contributed by atoms with Crippen LogP contribution in [0, 0.1) is 5.92 Å². The summed E-state index contributed by atoms with van der Waals surface area (Å²) in [6.45, 7) is 3.83. The number of carbonyl (C=O) groups excluding carboxylic acids is 1. The molecule has 0 spiro atoms. The van der Waals surface area contributed by atoms with E-state index in [0.29, 0.717) is 17.9 Å². The molecule has 0 aliphatic rings. The van der Waals surface area contributed by atoms with E-state index >= 15 is 0 Å². The second kappa shape index (κ2) is 5.48. The van der Waals surface area contributed by atoms with Gasteiger partial charge in [0.1, 0.15) is 11.3 Å². The Balaban J connectivity index is 1.94. The van der Waals surface area contributed by atoms with Gasteiger partial charge in [0.15, 0.2) is 5.58 Å². The Morgan fingerprint density at radius 2 is 2.14 bits per heavy atom. The third-order valence-electron chi connectivity index (χ3n) is 3.38. The zero-order valence-electron chi connectivity index (χ0n) is 12.0. The molecular weight excluding hydrogens is 264 g/mol. The highest BCUT2D eigenvalue weighted by molar-refractivity contribution is 5.84. The zero-order valence-corrected chi connectivity index (χ0v) is 12.0. The van der Waals surface area contributed by atoms with Crippen molar-refractivity contribution in [3.8, 4) is 11.5 Å². The second-order valence-electron chi connectivity index (χ2n) is 5.36. The molecule has 0 aliphatic carbocycles. The summed E-state index contributed by atoms with van der Waals surface area (Å²) in [5.74, 6) is 0.813. The number of Topliss-reactive ketones (excluding diaryl/α,β-unsaturated/α-hetero) is 1. The van der Waals surface area contributed by atoms with Crippen LogP contribution in [-0.4, -0.2) is 15.8 Å². The Bertz CT molecular complexity index is 776. The van der Waals surface area contributed by atoms with Crippen molar-refractivity contribution in [2.45, 2.75) is 20.3 Å². The molecule has 3 aromatic rings. The van der Waals surface area contributed by atoms with Gasteiger partial charge in [0, 0.05) is 24.7 Å². The first-order chi connectivity index (χ1) is 10.1. The minimum atomic E-state index is 0.0429. The first kappa shape index (κ1) is 13.5. The van der Waals surface area contributed by atoms with Gasteiger partial charge in [0.05, 0.1) is 5.56 Å². The van der Waals surface area contributed by atoms with Crippen LogP contribution in [0.15, 0.2) is 47.1 Å². The largest absolute Gasteiger partial charge is 0.436 e. The Hall–Kier alpha value is -2.49. The van der Waals surface area contributed by atoms with Gasteiger partial charge in [-0.1, -0.05) is 19.9 Å². The normalized spacial score (nSPS) is 11.2. The second-order valence-corrected chi connectivity index (χ2v) is 5.36. The molecule has 0 saturated heterocycles. The van der Waals surface area contributed by atoms with E-state index in [1.54, 1.807) is 12.4 Å². The Morgan fingerprint density at radius 3 is 2.86 bits per heavy atom. The summed E-state index contributed by atoms with van der Waals surface area (Å²) in [5.41, 5.74) is 3.28. The number of nitrogens with zero attached hydrogens (tertiary/aromatic N) is 2. The number of ketones is 1. The molecule has 0 amide bonds. The summed E-state index contributed by atoms with van der Waals surface area (Å²) in [4.78, 5) is 20.3. The fraction of sp³-hybridized carbons (Fsp3) is 0.235. The highest BCUT2D eigenvalue weighted by atomic mass is 16.3. The molecular formula is C17H16N2O2. The summed E-state index contributed by atoms with van der Waals surface area (Å²) in [5, 5.41) is 0. The van der Waals surface area contributed by atoms with Crippen molar-refractivity contribution >= 4 is 16.9 Å². The van der Waals surface area contributed by atoms with Gasteiger partial charge < -0.3 is 4.42 Å². The van der Waals surface area contributed by atoms with Gasteiger partial charge in [-0.05, 0) is 29.8 Å². The number of benzene rings is 1. The van der Waals surface area contributed by atoms with E-state index in [9.17, 15) is 4.79 Å². The predicted molar refractivity (Wildman–Crippen MR) is 80.8 cm³/mol. The molecule has 0 unspecified atom stereocenters. The fourth-order valence-corrected chi connectivity index (χ4v) is 2.10. The van der Waals surface area contributed by atoms with Gasteiger partial charge in [-0.15, -0.1) is 0 Å². The van der Waals surface area contributed by atoms with Gasteiger partial charge in [-0.25, -0.2) is 4.98 Å². The van der Waals surface area contributed by atoms with Crippen LogP contribution >= 0.6 is 0 Å². The van der Waals surface area contributed by atoms with Crippen molar-refractivity contribution in [3.05, 3.63) is 48.3 Å². The van der Waals surface area contributed by atoms with Gasteiger partial charge in [-0.2, -0.15) is 0 Å². The van der Waals surface area contributed by atoms with Crippen LogP contribution in [0.4, 0.5) is 0 Å². The van der Waals surface area contributed by atoms with E-state index in [2.05, 4.69) is 9.97 Å². The summed E-state index contributed by atoms with van der Waals surface area (Å²) in [6.07, 6.45) is 3.85. The van der Waals surface area contributed by atoms with Crippen LogP contribution in [0.5, 0.6) is 0 Å². The molecule has 0 N–H and O–H groups in total. The lowest BCUT2D eigenvalue weighted by Crippen LogP contribution is -2.09. The number of pyridine rings is 1. The summed E-state index contributed by atoms with van der Waals surface area (Å²) in [7, 11) is 0. The average molecular weight is 280 g/mol. The molecule has 0 saturated carbocycles. The van der Waals surface area contributed by atoms with Crippen LogP contribution < -0.4 is 0 Å². The Labute approximate surface area is 122 Å². The van der Waals surface area contributed by atoms with Crippen molar-refractivity contribution in [2.75, 3.05) is 0 Å². The molecule has 0 radical (unpaired) electrons. The number of hydrogen-bond donors (Lipinski definition) is 0. The monoisotopic (exact) mass is 280 g/mol. The van der Waals surface area contributed by atoms with E-state index < -0.39 is 0 Å². The van der Waals surface area contributed by atoms with Crippen molar-refractivity contribution in [2.24, 2.45) is 5.92 Å². The van der Waals surface area contributed by atoms with Crippen molar-refractivity contribution in [3.63, 3.8) is 0 Å². The molecule has 2 heterocycles. The first-order valence-electron chi connectivity index (χ1n) is 6.96. The molecule has 2 aromatic heterocycles. The quantitative estimate of drug-likeness (QED) is 0.732. The van der Waals surface area contributed by atoms with Gasteiger partial charge in [0.25, 0.3) is 0 Å². The van der Waals surface area contributed by atoms with Crippen LogP contribution in [0.25, 0.3) is 22.6 Å². The van der Waals surface area contributed by atoms with Crippen molar-refractivity contribution in [1.82, 2.24) is 9.97 Å². The molecule has 3 rings (SSSR count). The van der Waals surface area contributed by atoms with Gasteiger partial charge in [-0.3, -0.25) is 9.78 Å². The molecule has 0 aliphatic heterocycles. The summed E-state index contributed by atoms with van der Waals surface area (Å²) < 4.78 is 5.77. The third kappa shape index (κ3) is 2.84. The predicted octanol–water partition coefficient (Wildman–Crippen LogP) is 3.66. The number of fused-ring (bicyclic) bond motifs is 1. The minimum Gasteiger partial charge on any atom is -0.436 e. The number of carbonyl (C=O) groups is 1. The number of hydrogen-bond acceptors (Lipinski definition) is 4. The smallest absolute Gasteiger partial charge is 0.228 e. The van der Waals surface area contributed by atoms with Crippen molar-refractivity contribution < 1.29 is 9.21 Å². The molecule has 0 atom stereocenters. The van der Waals surface area contributed by atoms with E-state index in [1.165, 1.54) is 0 Å². The molecule has 21 heavy (non-hydrogen) atoms. The molecule has 1 aromatic carbocycles. The summed E-state index contributed by atoms with van der Waals surface area (Å²) >= 11 is 0. The SMILES string of the molecule is CC(C)C(=O)Cc1ccc2nc(-c3cccnc3)oc2c1. The summed E-state index contributed by atoms with van der Waals surface area (Å²) in [6, 6.07) is 9.46. The molecule has 106 valence electrons. The maximum Gasteiger partial charge on any atom is 0.228 e. The zero-order chi connectivity index (χ0) is 14.8. The topological polar surface area (TPSA) is 56.0 Å². The maximum absolute atomic E-state index is 11.8. The Morgan fingerprint density at radius 1 is 1.29 bits per heavy atom. The lowest BCUT2D eigenvalue weighted by molar-refractivity contribution is -0.121. The fourth-order valence-electron chi connectivity index (χ4n) is 2.10. The van der Waals surface area contributed by atoms with E-state index in [0.717, 1.165) is 16.6 Å². The highest BCUT2D eigenvalue weighted by Gasteiger charge is 2.12. The van der Waals surface area contributed by atoms with Crippen LogP contribution in [0.1, 0.15) is 19.4 Å². The lowest BCUT2D eigenvalue weighted by atomic mass is 10.0. The van der Waals surface area contributed by atoms with E-state index in [1.807, 2.05) is 44.2 Å². The average Bonchev–Trinajstić information content (AvgIpc) is 2.91. The standard InChI is InChI=1S/C17H16N2O2/c1-11(2)15(20)8-12-5-6-14-16(9-12)21-17(19-14)13-4-3-7-18-10-13/h3-7,9-11H,8H2,1-2H3. The first-order valence-corrected chi connectivity index (χ1v) is 6.96. The molecule has 4 nitrogen and oxygen atoms in total. The van der Waals surface area contributed by atoms with Gasteiger partial charge in [0.2, 0.25) is 5.89 Å². The number of oxazole rings is 1. The highest BCUT2D eigenvalue weighted by Crippen LogP contribution is 2.24. The van der Waals surface area contributed by atoms with Gasteiger partial charge >= 0.3 is 0 Å². The molecule has 0 bridgehead atoms. The molecule has 4 heteroatoms. The molecule has 0 fully saturated rings. The van der Waals surface area contributed by atoms with E-state index in [4.69, 9.17) is 4.42 Å². The maximum atomic E-state index is 11.8. The van der Waals surface area contributed by atoms with E-state index in [-0.39, 0.29) is 11.7 Å². The number of aromatic nitrogens is 2. The van der Waals surface area contributed by atoms with Crippen molar-refractivity contribution in [1.29, 1.82) is 0 Å². The Kier molecular flexibility index (Phi) is 3.52. The minimum absolute atomic E-state index is 0.0429.